The van der Waals surface area contributed by atoms with Crippen molar-refractivity contribution < 1.29 is 14.3 Å². The topological polar surface area (TPSA) is 42.0 Å². The Morgan fingerprint density at radius 1 is 1.19 bits per heavy atom. The molecule has 2 saturated heterocycles. The summed E-state index contributed by atoms with van der Waals surface area (Å²) in [5, 5.41) is 0. The van der Waals surface area contributed by atoms with Crippen molar-refractivity contribution in [2.24, 2.45) is 5.41 Å². The number of ether oxygens (including phenoxy) is 2. The summed E-state index contributed by atoms with van der Waals surface area (Å²) in [6, 6.07) is 8.52. The van der Waals surface area contributed by atoms with E-state index in [1.807, 2.05) is 11.0 Å². The van der Waals surface area contributed by atoms with Crippen LogP contribution >= 0.6 is 0 Å². The maximum absolute atomic E-state index is 12.3. The SMILES string of the molecule is CC(C)Oc1ccccc1CN1CCC2(COCC(=O)N(C(C)C)C2)C1. The predicted octanol–water partition coefficient (Wildman–Crippen LogP) is 2.93. The van der Waals surface area contributed by atoms with E-state index in [0.717, 1.165) is 38.3 Å². The van der Waals surface area contributed by atoms with E-state index in [2.05, 4.69) is 50.8 Å². The zero-order chi connectivity index (χ0) is 18.7. The first-order valence-corrected chi connectivity index (χ1v) is 9.73. The molecule has 0 saturated carbocycles. The molecule has 1 spiro atoms. The number of amides is 1. The van der Waals surface area contributed by atoms with Gasteiger partial charge >= 0.3 is 0 Å². The summed E-state index contributed by atoms with van der Waals surface area (Å²) >= 11 is 0. The maximum atomic E-state index is 12.3. The second kappa shape index (κ2) is 7.97. The molecule has 0 aliphatic carbocycles. The molecular weight excluding hydrogens is 328 g/mol. The van der Waals surface area contributed by atoms with Gasteiger partial charge in [0, 0.05) is 36.7 Å². The fraction of sp³-hybridized carbons (Fsp3) is 0.667. The lowest BCUT2D eigenvalue weighted by atomic mass is 9.87. The molecule has 3 rings (SSSR count). The van der Waals surface area contributed by atoms with Crippen molar-refractivity contribution >= 4 is 5.91 Å². The molecule has 1 amide bonds. The van der Waals surface area contributed by atoms with Gasteiger partial charge in [-0.05, 0) is 46.7 Å². The number of likely N-dealkylation sites (tertiary alicyclic amines) is 1. The first-order chi connectivity index (χ1) is 12.4. The van der Waals surface area contributed by atoms with Crippen LogP contribution in [0.4, 0.5) is 0 Å². The highest BCUT2D eigenvalue weighted by Gasteiger charge is 2.43. The van der Waals surface area contributed by atoms with Crippen LogP contribution in [0.3, 0.4) is 0 Å². The van der Waals surface area contributed by atoms with Crippen molar-refractivity contribution in [3.8, 4) is 5.75 Å². The highest BCUT2D eigenvalue weighted by atomic mass is 16.5. The lowest BCUT2D eigenvalue weighted by molar-refractivity contribution is -0.135. The number of carbonyl (C=O) groups excluding carboxylic acids is 1. The van der Waals surface area contributed by atoms with Gasteiger partial charge in [-0.1, -0.05) is 18.2 Å². The van der Waals surface area contributed by atoms with E-state index >= 15 is 0 Å². The Morgan fingerprint density at radius 2 is 1.96 bits per heavy atom. The van der Waals surface area contributed by atoms with Crippen molar-refractivity contribution in [3.05, 3.63) is 29.8 Å². The summed E-state index contributed by atoms with van der Waals surface area (Å²) in [5.41, 5.74) is 1.27. The van der Waals surface area contributed by atoms with Crippen LogP contribution in [0, 0.1) is 5.41 Å². The second-order valence-corrected chi connectivity index (χ2v) is 8.34. The van der Waals surface area contributed by atoms with E-state index in [0.29, 0.717) is 6.61 Å². The Labute approximate surface area is 157 Å². The molecule has 2 fully saturated rings. The number of para-hydroxylation sites is 1. The summed E-state index contributed by atoms with van der Waals surface area (Å²) in [7, 11) is 0. The molecule has 1 unspecified atom stereocenters. The zero-order valence-corrected chi connectivity index (χ0v) is 16.5. The smallest absolute Gasteiger partial charge is 0.248 e. The molecule has 5 nitrogen and oxygen atoms in total. The van der Waals surface area contributed by atoms with Crippen LogP contribution < -0.4 is 4.74 Å². The van der Waals surface area contributed by atoms with Gasteiger partial charge < -0.3 is 14.4 Å². The molecule has 0 N–H and O–H groups in total. The van der Waals surface area contributed by atoms with E-state index in [1.165, 1.54) is 5.56 Å². The quantitative estimate of drug-likeness (QED) is 0.810. The number of benzene rings is 1. The molecule has 1 aromatic rings. The number of hydrogen-bond donors (Lipinski definition) is 0. The van der Waals surface area contributed by atoms with Gasteiger partial charge in [-0.2, -0.15) is 0 Å². The van der Waals surface area contributed by atoms with Crippen LogP contribution in [-0.2, 0) is 16.1 Å². The third-order valence-electron chi connectivity index (χ3n) is 5.33. The third kappa shape index (κ3) is 4.38. The molecule has 0 aromatic heterocycles. The molecule has 1 aromatic carbocycles. The molecule has 0 bridgehead atoms. The van der Waals surface area contributed by atoms with Gasteiger partial charge in [-0.25, -0.2) is 0 Å². The van der Waals surface area contributed by atoms with Crippen molar-refractivity contribution in [2.45, 2.75) is 52.8 Å². The highest BCUT2D eigenvalue weighted by molar-refractivity contribution is 5.78. The number of carbonyl (C=O) groups is 1. The summed E-state index contributed by atoms with van der Waals surface area (Å²) in [6.45, 7) is 12.8. The fourth-order valence-corrected chi connectivity index (χ4v) is 4.06. The van der Waals surface area contributed by atoms with Crippen molar-refractivity contribution in [1.82, 2.24) is 9.80 Å². The first kappa shape index (κ1) is 19.2. The van der Waals surface area contributed by atoms with Gasteiger partial charge in [0.2, 0.25) is 5.91 Å². The van der Waals surface area contributed by atoms with Gasteiger partial charge in [0.15, 0.2) is 0 Å². The van der Waals surface area contributed by atoms with Gasteiger partial charge in [-0.15, -0.1) is 0 Å². The van der Waals surface area contributed by atoms with Crippen LogP contribution in [0.15, 0.2) is 24.3 Å². The molecule has 26 heavy (non-hydrogen) atoms. The van der Waals surface area contributed by atoms with Crippen LogP contribution in [0.5, 0.6) is 5.75 Å². The average Bonchev–Trinajstić information content (AvgIpc) is 2.88. The third-order valence-corrected chi connectivity index (χ3v) is 5.33. The van der Waals surface area contributed by atoms with Crippen molar-refractivity contribution in [3.63, 3.8) is 0 Å². The molecular formula is C21H32N2O3. The minimum absolute atomic E-state index is 0.0459. The minimum Gasteiger partial charge on any atom is -0.491 e. The van der Waals surface area contributed by atoms with Gasteiger partial charge in [0.1, 0.15) is 12.4 Å². The monoisotopic (exact) mass is 360 g/mol. The van der Waals surface area contributed by atoms with E-state index < -0.39 is 0 Å². The van der Waals surface area contributed by atoms with Crippen LogP contribution in [0.1, 0.15) is 39.7 Å². The minimum atomic E-state index is 0.0459. The molecule has 2 heterocycles. The number of nitrogens with zero attached hydrogens (tertiary/aromatic N) is 2. The predicted molar refractivity (Wildman–Crippen MR) is 102 cm³/mol. The molecule has 144 valence electrons. The lowest BCUT2D eigenvalue weighted by Crippen LogP contribution is -2.45. The molecule has 5 heteroatoms. The maximum Gasteiger partial charge on any atom is 0.248 e. The second-order valence-electron chi connectivity index (χ2n) is 8.34. The summed E-state index contributed by atoms with van der Waals surface area (Å²) in [5.74, 6) is 1.09. The Morgan fingerprint density at radius 3 is 2.69 bits per heavy atom. The molecule has 2 aliphatic rings. The number of hydrogen-bond acceptors (Lipinski definition) is 4. The van der Waals surface area contributed by atoms with Crippen molar-refractivity contribution in [1.29, 1.82) is 0 Å². The molecule has 0 radical (unpaired) electrons. The van der Waals surface area contributed by atoms with E-state index in [-0.39, 0.29) is 30.1 Å². The largest absolute Gasteiger partial charge is 0.491 e. The van der Waals surface area contributed by atoms with Crippen LogP contribution in [0.25, 0.3) is 0 Å². The fourth-order valence-electron chi connectivity index (χ4n) is 4.06. The summed E-state index contributed by atoms with van der Waals surface area (Å²) < 4.78 is 11.7. The molecule has 1 atom stereocenters. The van der Waals surface area contributed by atoms with E-state index in [9.17, 15) is 4.79 Å². The van der Waals surface area contributed by atoms with Crippen molar-refractivity contribution in [2.75, 3.05) is 32.8 Å². The number of rotatable bonds is 5. The van der Waals surface area contributed by atoms with Gasteiger partial charge in [0.25, 0.3) is 0 Å². The lowest BCUT2D eigenvalue weighted by Gasteiger charge is -2.34. The standard InChI is InChI=1S/C21H32N2O3/c1-16(2)23-14-21(15-25-12-20(23)24)9-10-22(13-21)11-18-7-5-6-8-19(18)26-17(3)4/h5-8,16-17H,9-15H2,1-4H3. The Kier molecular flexibility index (Phi) is 5.88. The van der Waals surface area contributed by atoms with Gasteiger partial charge in [-0.3, -0.25) is 9.69 Å². The highest BCUT2D eigenvalue weighted by Crippen LogP contribution is 2.35. The molecule has 2 aliphatic heterocycles. The average molecular weight is 360 g/mol. The van der Waals surface area contributed by atoms with E-state index in [4.69, 9.17) is 9.47 Å². The zero-order valence-electron chi connectivity index (χ0n) is 16.5. The Hall–Kier alpha value is -1.59. The van der Waals surface area contributed by atoms with Crippen LogP contribution in [0.2, 0.25) is 0 Å². The summed E-state index contributed by atoms with van der Waals surface area (Å²) in [6.07, 6.45) is 1.23. The Balaban J connectivity index is 1.69. The normalized spacial score (nSPS) is 24.7. The van der Waals surface area contributed by atoms with E-state index in [1.54, 1.807) is 0 Å². The van der Waals surface area contributed by atoms with Gasteiger partial charge in [0.05, 0.1) is 12.7 Å². The summed E-state index contributed by atoms with van der Waals surface area (Å²) in [4.78, 5) is 16.8. The Bertz CT molecular complexity index is 631. The first-order valence-electron chi connectivity index (χ1n) is 9.73. The van der Waals surface area contributed by atoms with Crippen LogP contribution in [-0.4, -0.2) is 60.7 Å².